The fraction of sp³-hybridized carbons (Fsp3) is 0.176. The molecule has 0 fully saturated rings. The summed E-state index contributed by atoms with van der Waals surface area (Å²) in [7, 11) is 2.70. The van der Waals surface area contributed by atoms with Crippen molar-refractivity contribution in [3.05, 3.63) is 52.2 Å². The molecule has 2 rings (SSSR count). The number of ether oxygens (including phenoxy) is 2. The van der Waals surface area contributed by atoms with Gasteiger partial charge in [-0.15, -0.1) is 11.3 Å². The minimum atomic E-state index is -0.713. The van der Waals surface area contributed by atoms with Gasteiger partial charge in [0.2, 0.25) is 0 Å². The van der Waals surface area contributed by atoms with Gasteiger partial charge in [0, 0.05) is 12.6 Å². The molecule has 2 aromatic rings. The van der Waals surface area contributed by atoms with Crippen molar-refractivity contribution in [2.75, 3.05) is 19.5 Å². The van der Waals surface area contributed by atoms with Gasteiger partial charge in [-0.3, -0.25) is 4.79 Å². The summed E-state index contributed by atoms with van der Waals surface area (Å²) in [6.07, 6.45) is 1.85. The summed E-state index contributed by atoms with van der Waals surface area (Å²) in [5, 5.41) is 3.92. The first kappa shape index (κ1) is 17.7. The summed E-state index contributed by atoms with van der Waals surface area (Å²) >= 11 is 1.31. The van der Waals surface area contributed by atoms with Crippen molar-refractivity contribution in [2.24, 2.45) is 0 Å². The van der Waals surface area contributed by atoms with Crippen LogP contribution in [0.4, 0.5) is 9.39 Å². The van der Waals surface area contributed by atoms with Gasteiger partial charge in [0.05, 0.1) is 24.1 Å². The highest BCUT2D eigenvalue weighted by Gasteiger charge is 2.13. The second kappa shape index (κ2) is 8.26. The van der Waals surface area contributed by atoms with Gasteiger partial charge in [0.25, 0.3) is 0 Å². The average molecular weight is 349 g/mol. The predicted octanol–water partition coefficient (Wildman–Crippen LogP) is 3.26. The summed E-state index contributed by atoms with van der Waals surface area (Å²) in [6, 6.07) is 8.02. The zero-order valence-corrected chi connectivity index (χ0v) is 14.0. The van der Waals surface area contributed by atoms with E-state index in [2.05, 4.69) is 10.1 Å². The van der Waals surface area contributed by atoms with E-state index in [1.54, 1.807) is 12.1 Å². The van der Waals surface area contributed by atoms with Gasteiger partial charge in [-0.1, -0.05) is 12.1 Å². The number of rotatable bonds is 7. The van der Waals surface area contributed by atoms with Crippen LogP contribution in [-0.2, 0) is 20.9 Å². The SMILES string of the molecule is COC(=O)/C(C=O)=C/c1sc(NCc2cccc(F)c2)cc1OC. The average Bonchev–Trinajstić information content (AvgIpc) is 2.99. The quantitative estimate of drug-likeness (QED) is 0.273. The van der Waals surface area contributed by atoms with Crippen molar-refractivity contribution < 1.29 is 23.5 Å². The molecule has 0 spiro atoms. The Balaban J connectivity index is 2.19. The molecule has 0 saturated carbocycles. The highest BCUT2D eigenvalue weighted by Crippen LogP contribution is 2.35. The molecule has 1 N–H and O–H groups in total. The van der Waals surface area contributed by atoms with E-state index in [1.807, 2.05) is 6.07 Å². The Morgan fingerprint density at radius 3 is 2.75 bits per heavy atom. The number of hydrogen-bond acceptors (Lipinski definition) is 6. The van der Waals surface area contributed by atoms with Gasteiger partial charge in [-0.25, -0.2) is 9.18 Å². The fourth-order valence-corrected chi connectivity index (χ4v) is 2.95. The van der Waals surface area contributed by atoms with Crippen LogP contribution < -0.4 is 10.1 Å². The van der Waals surface area contributed by atoms with Crippen molar-refractivity contribution in [3.8, 4) is 5.75 Å². The van der Waals surface area contributed by atoms with Crippen molar-refractivity contribution in [1.82, 2.24) is 0 Å². The lowest BCUT2D eigenvalue weighted by molar-refractivity contribution is -0.136. The number of thiophene rings is 1. The first-order chi connectivity index (χ1) is 11.6. The van der Waals surface area contributed by atoms with Gasteiger partial charge in [0.15, 0.2) is 6.29 Å². The molecule has 1 heterocycles. The van der Waals surface area contributed by atoms with Crippen LogP contribution in [0.2, 0.25) is 0 Å². The molecule has 24 heavy (non-hydrogen) atoms. The van der Waals surface area contributed by atoms with E-state index < -0.39 is 5.97 Å². The molecule has 1 aromatic carbocycles. The molecular formula is C17H16FNO4S. The van der Waals surface area contributed by atoms with Crippen LogP contribution in [0.3, 0.4) is 0 Å². The standard InChI is InChI=1S/C17H16FNO4S/c1-22-14-8-16(19-9-11-4-3-5-13(18)6-11)24-15(14)7-12(10-20)17(21)23-2/h3-8,10,19H,9H2,1-2H3/b12-7+. The Bertz CT molecular complexity index is 770. The van der Waals surface area contributed by atoms with E-state index in [9.17, 15) is 14.0 Å². The van der Waals surface area contributed by atoms with Crippen LogP contribution in [0.25, 0.3) is 6.08 Å². The zero-order valence-electron chi connectivity index (χ0n) is 13.2. The normalized spacial score (nSPS) is 11.0. The molecule has 0 bridgehead atoms. The van der Waals surface area contributed by atoms with Crippen LogP contribution >= 0.6 is 11.3 Å². The Labute approximate surface area is 142 Å². The summed E-state index contributed by atoms with van der Waals surface area (Å²) in [5.74, 6) is -0.491. The van der Waals surface area contributed by atoms with Crippen LogP contribution in [0, 0.1) is 5.82 Å². The number of methoxy groups -OCH3 is 2. The Morgan fingerprint density at radius 1 is 1.33 bits per heavy atom. The molecule has 1 aromatic heterocycles. The molecule has 126 valence electrons. The molecule has 0 radical (unpaired) electrons. The molecule has 0 aliphatic heterocycles. The Kier molecular flexibility index (Phi) is 6.08. The second-order valence-corrected chi connectivity index (χ2v) is 5.82. The highest BCUT2D eigenvalue weighted by atomic mass is 32.1. The van der Waals surface area contributed by atoms with Crippen molar-refractivity contribution in [3.63, 3.8) is 0 Å². The van der Waals surface area contributed by atoms with E-state index in [4.69, 9.17) is 4.74 Å². The predicted molar refractivity (Wildman–Crippen MR) is 90.7 cm³/mol. The van der Waals surface area contributed by atoms with Gasteiger partial charge in [-0.05, 0) is 23.8 Å². The summed E-state index contributed by atoms with van der Waals surface area (Å²) < 4.78 is 23.0. The minimum absolute atomic E-state index is 0.102. The number of carbonyl (C=O) groups is 2. The number of anilines is 1. The zero-order chi connectivity index (χ0) is 17.5. The second-order valence-electron chi connectivity index (χ2n) is 4.74. The van der Waals surface area contributed by atoms with Crippen molar-refractivity contribution in [2.45, 2.75) is 6.54 Å². The van der Waals surface area contributed by atoms with Crippen LogP contribution in [0.1, 0.15) is 10.4 Å². The number of benzene rings is 1. The Morgan fingerprint density at radius 2 is 2.12 bits per heavy atom. The van der Waals surface area contributed by atoms with Gasteiger partial charge < -0.3 is 14.8 Å². The summed E-state index contributed by atoms with van der Waals surface area (Å²) in [6.45, 7) is 0.433. The molecule has 0 aliphatic carbocycles. The maximum absolute atomic E-state index is 13.2. The van der Waals surface area contributed by atoms with Crippen molar-refractivity contribution >= 4 is 34.7 Å². The van der Waals surface area contributed by atoms with Crippen LogP contribution in [-0.4, -0.2) is 26.5 Å². The molecular weight excluding hydrogens is 333 g/mol. The third kappa shape index (κ3) is 4.42. The number of aldehydes is 1. The first-order valence-corrected chi connectivity index (χ1v) is 7.80. The lowest BCUT2D eigenvalue weighted by Crippen LogP contribution is -2.05. The van der Waals surface area contributed by atoms with Crippen LogP contribution in [0.15, 0.2) is 35.9 Å². The van der Waals surface area contributed by atoms with E-state index >= 15 is 0 Å². The van der Waals surface area contributed by atoms with Gasteiger partial charge in [-0.2, -0.15) is 0 Å². The third-order valence-corrected chi connectivity index (χ3v) is 4.16. The highest BCUT2D eigenvalue weighted by molar-refractivity contribution is 7.17. The number of hydrogen-bond donors (Lipinski definition) is 1. The molecule has 0 amide bonds. The Hall–Kier alpha value is -2.67. The number of esters is 1. The number of halogens is 1. The molecule has 0 aliphatic rings. The lowest BCUT2D eigenvalue weighted by Gasteiger charge is -2.03. The maximum atomic E-state index is 13.2. The van der Waals surface area contributed by atoms with Crippen molar-refractivity contribution in [1.29, 1.82) is 0 Å². The summed E-state index contributed by atoms with van der Waals surface area (Å²) in [4.78, 5) is 23.1. The largest absolute Gasteiger partial charge is 0.495 e. The van der Waals surface area contributed by atoms with E-state index in [0.717, 1.165) is 10.6 Å². The third-order valence-electron chi connectivity index (χ3n) is 3.14. The van der Waals surface area contributed by atoms with E-state index in [1.165, 1.54) is 43.8 Å². The van der Waals surface area contributed by atoms with Crippen LogP contribution in [0.5, 0.6) is 5.75 Å². The molecule has 7 heteroatoms. The van der Waals surface area contributed by atoms with E-state index in [-0.39, 0.29) is 11.4 Å². The lowest BCUT2D eigenvalue weighted by atomic mass is 10.2. The smallest absolute Gasteiger partial charge is 0.341 e. The monoisotopic (exact) mass is 349 g/mol. The van der Waals surface area contributed by atoms with Gasteiger partial charge in [0.1, 0.15) is 17.1 Å². The molecule has 0 unspecified atom stereocenters. The molecule has 0 saturated heterocycles. The summed E-state index contributed by atoms with van der Waals surface area (Å²) in [5.41, 5.74) is 0.692. The molecule has 5 nitrogen and oxygen atoms in total. The maximum Gasteiger partial charge on any atom is 0.341 e. The number of carbonyl (C=O) groups excluding carboxylic acids is 2. The van der Waals surface area contributed by atoms with Gasteiger partial charge >= 0.3 is 5.97 Å². The molecule has 0 atom stereocenters. The first-order valence-electron chi connectivity index (χ1n) is 6.98. The number of nitrogens with one attached hydrogen (secondary N) is 1. The fourth-order valence-electron chi connectivity index (χ4n) is 1.97. The topological polar surface area (TPSA) is 64.6 Å². The minimum Gasteiger partial charge on any atom is -0.495 e. The van der Waals surface area contributed by atoms with E-state index in [0.29, 0.717) is 23.5 Å².